The van der Waals surface area contributed by atoms with Crippen LogP contribution in [0.2, 0.25) is 0 Å². The molecule has 2 amide bonds. The van der Waals surface area contributed by atoms with Crippen molar-refractivity contribution in [3.05, 3.63) is 34.7 Å². The molecule has 0 aromatic carbocycles. The highest BCUT2D eigenvalue weighted by Gasteiger charge is 2.25. The molecule has 1 aliphatic rings. The average Bonchev–Trinajstić information content (AvgIpc) is 2.94. The predicted molar refractivity (Wildman–Crippen MR) is 75.7 cm³/mol. The van der Waals surface area contributed by atoms with Gasteiger partial charge in [0.25, 0.3) is 11.1 Å². The van der Waals surface area contributed by atoms with Gasteiger partial charge in [0, 0.05) is 23.9 Å². The van der Waals surface area contributed by atoms with E-state index < -0.39 is 5.91 Å². The molecule has 2 aromatic heterocycles. The van der Waals surface area contributed by atoms with Crippen molar-refractivity contribution in [2.45, 2.75) is 6.92 Å². The third-order valence-corrected chi connectivity index (χ3v) is 3.43. The van der Waals surface area contributed by atoms with E-state index in [1.54, 1.807) is 25.4 Å². The SMILES string of the molecule is CC#Cc1cncc2cc(/C=C3\SC(=O)NC3=O)oc12. The Morgan fingerprint density at radius 1 is 1.40 bits per heavy atom. The second-order valence-corrected chi connectivity index (χ2v) is 5.00. The molecule has 0 atom stereocenters. The van der Waals surface area contributed by atoms with Gasteiger partial charge in [0.15, 0.2) is 5.58 Å². The van der Waals surface area contributed by atoms with Crippen LogP contribution in [0, 0.1) is 11.8 Å². The Morgan fingerprint density at radius 2 is 2.25 bits per heavy atom. The van der Waals surface area contributed by atoms with Crippen LogP contribution in [0.3, 0.4) is 0 Å². The minimum Gasteiger partial charge on any atom is -0.455 e. The third kappa shape index (κ3) is 2.19. The van der Waals surface area contributed by atoms with E-state index in [2.05, 4.69) is 22.1 Å². The number of rotatable bonds is 1. The molecule has 3 heterocycles. The minimum absolute atomic E-state index is 0.310. The number of nitrogens with zero attached hydrogens (tertiary/aromatic N) is 1. The first-order valence-corrected chi connectivity index (χ1v) is 6.54. The normalized spacial score (nSPS) is 16.4. The number of hydrogen-bond acceptors (Lipinski definition) is 5. The highest BCUT2D eigenvalue weighted by Crippen LogP contribution is 2.28. The van der Waals surface area contributed by atoms with Gasteiger partial charge in [-0.05, 0) is 24.8 Å². The van der Waals surface area contributed by atoms with Crippen LogP contribution < -0.4 is 5.32 Å². The van der Waals surface area contributed by atoms with E-state index >= 15 is 0 Å². The Labute approximate surface area is 118 Å². The van der Waals surface area contributed by atoms with Gasteiger partial charge in [0.05, 0.1) is 10.5 Å². The first-order chi connectivity index (χ1) is 9.67. The lowest BCUT2D eigenvalue weighted by Gasteiger charge is -1.91. The van der Waals surface area contributed by atoms with Crippen LogP contribution in [0.25, 0.3) is 17.0 Å². The number of furan rings is 1. The second-order valence-electron chi connectivity index (χ2n) is 3.98. The number of fused-ring (bicyclic) bond motifs is 1. The summed E-state index contributed by atoms with van der Waals surface area (Å²) >= 11 is 0.851. The summed E-state index contributed by atoms with van der Waals surface area (Å²) in [6.45, 7) is 1.73. The Kier molecular flexibility index (Phi) is 3.05. The summed E-state index contributed by atoms with van der Waals surface area (Å²) in [4.78, 5) is 27.0. The number of aromatic nitrogens is 1. The van der Waals surface area contributed by atoms with Crippen molar-refractivity contribution in [1.29, 1.82) is 0 Å². The maximum Gasteiger partial charge on any atom is 0.290 e. The molecule has 20 heavy (non-hydrogen) atoms. The van der Waals surface area contributed by atoms with E-state index in [0.717, 1.165) is 17.1 Å². The van der Waals surface area contributed by atoms with Crippen LogP contribution in [0.5, 0.6) is 0 Å². The quantitative estimate of drug-likeness (QED) is 0.643. The summed E-state index contributed by atoms with van der Waals surface area (Å²) in [5, 5.41) is 2.61. The fraction of sp³-hybridized carbons (Fsp3) is 0.0714. The summed E-state index contributed by atoms with van der Waals surface area (Å²) in [7, 11) is 0. The fourth-order valence-electron chi connectivity index (χ4n) is 1.83. The molecule has 5 nitrogen and oxygen atoms in total. The highest BCUT2D eigenvalue weighted by molar-refractivity contribution is 8.18. The summed E-state index contributed by atoms with van der Waals surface area (Å²) < 4.78 is 5.67. The highest BCUT2D eigenvalue weighted by atomic mass is 32.2. The first-order valence-electron chi connectivity index (χ1n) is 5.72. The topological polar surface area (TPSA) is 72.2 Å². The zero-order chi connectivity index (χ0) is 14.1. The number of thioether (sulfide) groups is 1. The van der Waals surface area contributed by atoms with Crippen molar-refractivity contribution < 1.29 is 14.0 Å². The molecular formula is C14H8N2O3S. The van der Waals surface area contributed by atoms with Crippen LogP contribution in [0.15, 0.2) is 27.8 Å². The Balaban J connectivity index is 2.07. The molecule has 3 rings (SSSR count). The van der Waals surface area contributed by atoms with Gasteiger partial charge in [-0.1, -0.05) is 5.92 Å². The van der Waals surface area contributed by atoms with Crippen LogP contribution >= 0.6 is 11.8 Å². The summed E-state index contributed by atoms with van der Waals surface area (Å²) in [6, 6.07) is 1.76. The van der Waals surface area contributed by atoms with Crippen molar-refractivity contribution in [1.82, 2.24) is 10.3 Å². The van der Waals surface area contributed by atoms with E-state index in [9.17, 15) is 9.59 Å². The summed E-state index contributed by atoms with van der Waals surface area (Å²) in [5.41, 5.74) is 1.31. The molecule has 0 saturated carbocycles. The zero-order valence-corrected chi connectivity index (χ0v) is 11.2. The van der Waals surface area contributed by atoms with Crippen LogP contribution in [0.4, 0.5) is 4.79 Å². The van der Waals surface area contributed by atoms with Gasteiger partial charge < -0.3 is 4.42 Å². The van der Waals surface area contributed by atoms with Crippen LogP contribution in [-0.4, -0.2) is 16.1 Å². The lowest BCUT2D eigenvalue weighted by atomic mass is 10.2. The molecule has 0 bridgehead atoms. The third-order valence-electron chi connectivity index (χ3n) is 2.62. The van der Waals surface area contributed by atoms with Crippen molar-refractivity contribution in [2.75, 3.05) is 0 Å². The Morgan fingerprint density at radius 3 is 2.95 bits per heavy atom. The average molecular weight is 284 g/mol. The standard InChI is InChI=1S/C14H8N2O3S/c1-2-3-8-6-15-7-9-4-10(19-12(8)9)5-11-13(17)16-14(18)20-11/h4-7H,1H3,(H,16,17,18)/b11-5-. The van der Waals surface area contributed by atoms with Crippen LogP contribution in [0.1, 0.15) is 18.2 Å². The molecule has 0 unspecified atom stereocenters. The lowest BCUT2D eigenvalue weighted by molar-refractivity contribution is -0.115. The van der Waals surface area contributed by atoms with E-state index in [-0.39, 0.29) is 5.24 Å². The van der Waals surface area contributed by atoms with Crippen molar-refractivity contribution in [3.63, 3.8) is 0 Å². The number of carbonyl (C=O) groups is 2. The number of pyridine rings is 1. The smallest absolute Gasteiger partial charge is 0.290 e. The maximum absolute atomic E-state index is 11.5. The number of nitrogens with one attached hydrogen (secondary N) is 1. The van der Waals surface area contributed by atoms with Gasteiger partial charge in [0.1, 0.15) is 5.76 Å². The van der Waals surface area contributed by atoms with E-state index in [1.165, 1.54) is 6.08 Å². The molecule has 0 aliphatic carbocycles. The predicted octanol–water partition coefficient (Wildman–Crippen LogP) is 2.52. The van der Waals surface area contributed by atoms with Crippen molar-refractivity contribution in [2.24, 2.45) is 0 Å². The lowest BCUT2D eigenvalue weighted by Crippen LogP contribution is -2.17. The van der Waals surface area contributed by atoms with Gasteiger partial charge in [-0.2, -0.15) is 0 Å². The molecule has 98 valence electrons. The van der Waals surface area contributed by atoms with Gasteiger partial charge in [-0.25, -0.2) is 0 Å². The molecule has 0 radical (unpaired) electrons. The number of imide groups is 1. The Hall–Kier alpha value is -2.52. The minimum atomic E-state index is -0.410. The largest absolute Gasteiger partial charge is 0.455 e. The zero-order valence-electron chi connectivity index (χ0n) is 10.4. The molecule has 0 spiro atoms. The monoisotopic (exact) mass is 284 g/mol. The molecule has 2 aromatic rings. The van der Waals surface area contributed by atoms with E-state index in [0.29, 0.717) is 21.8 Å². The summed E-state index contributed by atoms with van der Waals surface area (Å²) in [6.07, 6.45) is 4.82. The van der Waals surface area contributed by atoms with Crippen molar-refractivity contribution in [3.8, 4) is 11.8 Å². The van der Waals surface area contributed by atoms with Gasteiger partial charge in [-0.15, -0.1) is 5.92 Å². The molecule has 1 N–H and O–H groups in total. The van der Waals surface area contributed by atoms with E-state index in [4.69, 9.17) is 4.42 Å². The van der Waals surface area contributed by atoms with Crippen LogP contribution in [-0.2, 0) is 4.79 Å². The molecule has 6 heteroatoms. The van der Waals surface area contributed by atoms with E-state index in [1.807, 2.05) is 0 Å². The Bertz CT molecular complexity index is 824. The van der Waals surface area contributed by atoms with Gasteiger partial charge in [-0.3, -0.25) is 19.9 Å². The molecular weight excluding hydrogens is 276 g/mol. The number of carbonyl (C=O) groups excluding carboxylic acids is 2. The second kappa shape index (κ2) is 4.87. The van der Waals surface area contributed by atoms with Crippen molar-refractivity contribution >= 4 is 40.0 Å². The number of hydrogen-bond donors (Lipinski definition) is 1. The van der Waals surface area contributed by atoms with Gasteiger partial charge in [0.2, 0.25) is 0 Å². The summed E-state index contributed by atoms with van der Waals surface area (Å²) in [5.74, 6) is 5.78. The molecule has 1 fully saturated rings. The fourth-order valence-corrected chi connectivity index (χ4v) is 2.49. The van der Waals surface area contributed by atoms with Gasteiger partial charge >= 0.3 is 0 Å². The molecule has 1 saturated heterocycles. The maximum atomic E-state index is 11.5. The first kappa shape index (κ1) is 12.5. The number of amides is 2. The molecule has 1 aliphatic heterocycles.